The molecule has 0 aliphatic heterocycles. The predicted molar refractivity (Wildman–Crippen MR) is 65.2 cm³/mol. The molecule has 0 amide bonds. The van der Waals surface area contributed by atoms with Crippen LogP contribution in [0.3, 0.4) is 0 Å². The van der Waals surface area contributed by atoms with Gasteiger partial charge < -0.3 is 4.98 Å². The van der Waals surface area contributed by atoms with Gasteiger partial charge in [0.1, 0.15) is 5.82 Å². The average Bonchev–Trinajstić information content (AvgIpc) is 2.40. The van der Waals surface area contributed by atoms with E-state index in [0.717, 1.165) is 0 Å². The second-order valence-corrected chi connectivity index (χ2v) is 5.57. The monoisotopic (exact) mass is 286 g/mol. The van der Waals surface area contributed by atoms with Crippen LogP contribution in [0, 0.1) is 5.82 Å². The van der Waals surface area contributed by atoms with Gasteiger partial charge in [-0.2, -0.15) is 0 Å². The van der Waals surface area contributed by atoms with Crippen LogP contribution in [0.2, 0.25) is 0 Å². The fourth-order valence-corrected chi connectivity index (χ4v) is 2.11. The molecule has 0 saturated heterocycles. The highest BCUT2D eigenvalue weighted by Crippen LogP contribution is 2.24. The highest BCUT2D eigenvalue weighted by atomic mass is 79.9. The van der Waals surface area contributed by atoms with Crippen molar-refractivity contribution in [2.45, 2.75) is 26.3 Å². The van der Waals surface area contributed by atoms with Crippen LogP contribution in [0.4, 0.5) is 4.39 Å². The molecule has 1 aromatic carbocycles. The number of fused-ring (bicyclic) bond motifs is 1. The van der Waals surface area contributed by atoms with Gasteiger partial charge >= 0.3 is 5.69 Å². The maximum absolute atomic E-state index is 13.4. The van der Waals surface area contributed by atoms with E-state index in [-0.39, 0.29) is 17.0 Å². The highest BCUT2D eigenvalue weighted by molar-refractivity contribution is 9.10. The van der Waals surface area contributed by atoms with Crippen molar-refractivity contribution in [1.29, 1.82) is 0 Å². The molecule has 2 rings (SSSR count). The zero-order chi connectivity index (χ0) is 12.1. The number of imidazole rings is 1. The number of rotatable bonds is 0. The Balaban J connectivity index is 2.90. The molecule has 0 bridgehead atoms. The molecular formula is C11H12BrFN2O. The number of benzene rings is 1. The van der Waals surface area contributed by atoms with E-state index in [1.54, 1.807) is 10.6 Å². The van der Waals surface area contributed by atoms with Crippen LogP contribution in [-0.2, 0) is 5.54 Å². The Morgan fingerprint density at radius 1 is 1.38 bits per heavy atom. The largest absolute Gasteiger partial charge is 0.326 e. The molecule has 86 valence electrons. The van der Waals surface area contributed by atoms with Crippen molar-refractivity contribution in [2.75, 3.05) is 0 Å². The zero-order valence-corrected chi connectivity index (χ0v) is 10.9. The van der Waals surface area contributed by atoms with E-state index in [4.69, 9.17) is 0 Å². The molecule has 1 aromatic heterocycles. The Bertz CT molecular complexity index is 607. The molecule has 5 heteroatoms. The molecule has 0 spiro atoms. The molecule has 0 atom stereocenters. The lowest BCUT2D eigenvalue weighted by Crippen LogP contribution is -2.31. The quantitative estimate of drug-likeness (QED) is 0.794. The minimum Gasteiger partial charge on any atom is -0.305 e. The predicted octanol–water partition coefficient (Wildman–Crippen LogP) is 2.99. The Labute approximate surface area is 100 Å². The number of hydrogen-bond acceptors (Lipinski definition) is 1. The summed E-state index contributed by atoms with van der Waals surface area (Å²) < 4.78 is 15.4. The molecule has 2 aromatic rings. The third kappa shape index (κ3) is 1.69. The number of aromatic nitrogens is 2. The van der Waals surface area contributed by atoms with E-state index in [2.05, 4.69) is 20.9 Å². The van der Waals surface area contributed by atoms with Gasteiger partial charge in [0, 0.05) is 11.6 Å². The van der Waals surface area contributed by atoms with Crippen molar-refractivity contribution in [2.24, 2.45) is 0 Å². The third-order valence-corrected chi connectivity index (χ3v) is 3.00. The summed E-state index contributed by atoms with van der Waals surface area (Å²) >= 11 is 3.09. The number of nitrogens with zero attached hydrogens (tertiary/aromatic N) is 1. The Hall–Kier alpha value is -1.10. The summed E-state index contributed by atoms with van der Waals surface area (Å²) in [5.41, 5.74) is 0.613. The van der Waals surface area contributed by atoms with Gasteiger partial charge in [-0.05, 0) is 42.8 Å². The van der Waals surface area contributed by atoms with E-state index in [9.17, 15) is 9.18 Å². The molecule has 0 fully saturated rings. The smallest absolute Gasteiger partial charge is 0.305 e. The lowest BCUT2D eigenvalue weighted by atomic mass is 10.1. The van der Waals surface area contributed by atoms with Crippen molar-refractivity contribution >= 4 is 27.0 Å². The molecule has 1 heterocycles. The fourth-order valence-electron chi connectivity index (χ4n) is 1.77. The van der Waals surface area contributed by atoms with Crippen molar-refractivity contribution < 1.29 is 4.39 Å². The van der Waals surface area contributed by atoms with Gasteiger partial charge in [0.2, 0.25) is 0 Å². The summed E-state index contributed by atoms with van der Waals surface area (Å²) in [5, 5.41) is 0. The topological polar surface area (TPSA) is 37.8 Å². The van der Waals surface area contributed by atoms with Crippen molar-refractivity contribution in [3.8, 4) is 0 Å². The third-order valence-electron chi connectivity index (χ3n) is 2.40. The summed E-state index contributed by atoms with van der Waals surface area (Å²) in [6.45, 7) is 5.71. The molecule has 0 saturated carbocycles. The van der Waals surface area contributed by atoms with Crippen LogP contribution in [-0.4, -0.2) is 9.55 Å². The van der Waals surface area contributed by atoms with Gasteiger partial charge in [-0.1, -0.05) is 0 Å². The molecule has 0 radical (unpaired) electrons. The number of halogens is 2. The minimum absolute atomic E-state index is 0.222. The van der Waals surface area contributed by atoms with Crippen LogP contribution >= 0.6 is 15.9 Å². The van der Waals surface area contributed by atoms with E-state index in [1.165, 1.54) is 6.07 Å². The SMILES string of the molecule is CC(C)(C)n1c(=O)[nH]c2cc(Br)c(F)cc21. The second-order valence-electron chi connectivity index (χ2n) is 4.72. The molecule has 0 aliphatic carbocycles. The van der Waals surface area contributed by atoms with Crippen LogP contribution in [0.25, 0.3) is 11.0 Å². The summed E-state index contributed by atoms with van der Waals surface area (Å²) in [6.07, 6.45) is 0. The Morgan fingerprint density at radius 3 is 2.56 bits per heavy atom. The second kappa shape index (κ2) is 3.45. The molecular weight excluding hydrogens is 275 g/mol. The van der Waals surface area contributed by atoms with Crippen LogP contribution in [0.1, 0.15) is 20.8 Å². The van der Waals surface area contributed by atoms with Gasteiger partial charge in [0.25, 0.3) is 0 Å². The summed E-state index contributed by atoms with van der Waals surface area (Å²) in [4.78, 5) is 14.5. The highest BCUT2D eigenvalue weighted by Gasteiger charge is 2.20. The van der Waals surface area contributed by atoms with Gasteiger partial charge in [-0.3, -0.25) is 4.57 Å². The minimum atomic E-state index is -0.379. The van der Waals surface area contributed by atoms with Gasteiger partial charge in [-0.25, -0.2) is 9.18 Å². The average molecular weight is 287 g/mol. The Kier molecular flexibility index (Phi) is 2.45. The standard InChI is InChI=1S/C11H12BrFN2O/c1-11(2,3)15-9-5-7(13)6(12)4-8(9)14-10(15)16/h4-5H,1-3H3,(H,14,16). The molecule has 3 nitrogen and oxygen atoms in total. The first-order chi connectivity index (χ1) is 7.30. The number of hydrogen-bond donors (Lipinski definition) is 1. The fraction of sp³-hybridized carbons (Fsp3) is 0.364. The normalized spacial score (nSPS) is 12.3. The summed E-state index contributed by atoms with van der Waals surface area (Å²) in [5.74, 6) is -0.371. The van der Waals surface area contributed by atoms with Crippen molar-refractivity contribution in [1.82, 2.24) is 9.55 Å². The molecule has 1 N–H and O–H groups in total. The zero-order valence-electron chi connectivity index (χ0n) is 9.27. The van der Waals surface area contributed by atoms with Crippen molar-refractivity contribution in [3.05, 3.63) is 32.9 Å². The first-order valence-corrected chi connectivity index (χ1v) is 5.70. The number of aromatic amines is 1. The molecule has 16 heavy (non-hydrogen) atoms. The summed E-state index contributed by atoms with van der Waals surface area (Å²) in [7, 11) is 0. The number of H-pyrrole nitrogens is 1. The lowest BCUT2D eigenvalue weighted by Gasteiger charge is -2.20. The maximum Gasteiger partial charge on any atom is 0.326 e. The maximum atomic E-state index is 13.4. The first-order valence-electron chi connectivity index (χ1n) is 4.91. The molecule has 0 unspecified atom stereocenters. The van der Waals surface area contributed by atoms with Crippen LogP contribution in [0.15, 0.2) is 21.4 Å². The van der Waals surface area contributed by atoms with E-state index < -0.39 is 0 Å². The lowest BCUT2D eigenvalue weighted by molar-refractivity contribution is 0.397. The number of nitrogens with one attached hydrogen (secondary N) is 1. The Morgan fingerprint density at radius 2 is 2.00 bits per heavy atom. The first kappa shape index (κ1) is 11.4. The van der Waals surface area contributed by atoms with Gasteiger partial charge in [0.05, 0.1) is 15.5 Å². The van der Waals surface area contributed by atoms with Crippen LogP contribution < -0.4 is 5.69 Å². The van der Waals surface area contributed by atoms with Crippen LogP contribution in [0.5, 0.6) is 0 Å². The van der Waals surface area contributed by atoms with E-state index in [0.29, 0.717) is 15.5 Å². The molecule has 0 aliphatic rings. The summed E-state index contributed by atoms with van der Waals surface area (Å²) in [6, 6.07) is 2.94. The van der Waals surface area contributed by atoms with Gasteiger partial charge in [0.15, 0.2) is 0 Å². The van der Waals surface area contributed by atoms with E-state index >= 15 is 0 Å². The van der Waals surface area contributed by atoms with Gasteiger partial charge in [-0.15, -0.1) is 0 Å². The van der Waals surface area contributed by atoms with E-state index in [1.807, 2.05) is 20.8 Å². The van der Waals surface area contributed by atoms with Crippen molar-refractivity contribution in [3.63, 3.8) is 0 Å².